The van der Waals surface area contributed by atoms with Gasteiger partial charge in [0.2, 0.25) is 5.91 Å². The molecule has 82 valence electrons. The molecule has 0 unspecified atom stereocenters. The maximum Gasteiger partial charge on any atom is 0.219 e. The normalized spacial score (nSPS) is 18.6. The van der Waals surface area contributed by atoms with Crippen molar-refractivity contribution >= 4 is 5.91 Å². The van der Waals surface area contributed by atoms with Gasteiger partial charge in [-0.15, -0.1) is 0 Å². The van der Waals surface area contributed by atoms with E-state index in [1.807, 2.05) is 4.90 Å². The molecule has 1 amide bonds. The van der Waals surface area contributed by atoms with Gasteiger partial charge in [-0.05, 0) is 12.8 Å². The first-order chi connectivity index (χ1) is 6.74. The van der Waals surface area contributed by atoms with Crippen LogP contribution in [-0.2, 0) is 9.53 Å². The van der Waals surface area contributed by atoms with Gasteiger partial charge in [-0.1, -0.05) is 0 Å². The second-order valence-corrected chi connectivity index (χ2v) is 3.73. The van der Waals surface area contributed by atoms with E-state index in [0.29, 0.717) is 6.04 Å². The van der Waals surface area contributed by atoms with Crippen molar-refractivity contribution in [2.75, 3.05) is 33.4 Å². The van der Waals surface area contributed by atoms with Crippen molar-refractivity contribution in [1.29, 1.82) is 0 Å². The third-order valence-electron chi connectivity index (χ3n) is 2.68. The molecule has 0 saturated carbocycles. The van der Waals surface area contributed by atoms with E-state index in [4.69, 9.17) is 4.74 Å². The van der Waals surface area contributed by atoms with E-state index in [9.17, 15) is 4.79 Å². The van der Waals surface area contributed by atoms with Gasteiger partial charge >= 0.3 is 0 Å². The maximum absolute atomic E-state index is 11.1. The van der Waals surface area contributed by atoms with Gasteiger partial charge in [0.25, 0.3) is 0 Å². The number of methoxy groups -OCH3 is 1. The van der Waals surface area contributed by atoms with Gasteiger partial charge in [-0.25, -0.2) is 0 Å². The number of ether oxygens (including phenoxy) is 1. The maximum atomic E-state index is 11.1. The first kappa shape index (κ1) is 11.5. The van der Waals surface area contributed by atoms with E-state index in [0.717, 1.165) is 39.1 Å². The summed E-state index contributed by atoms with van der Waals surface area (Å²) in [7, 11) is 1.71. The largest absolute Gasteiger partial charge is 0.383 e. The zero-order chi connectivity index (χ0) is 10.4. The van der Waals surface area contributed by atoms with Crippen LogP contribution in [0.15, 0.2) is 0 Å². The highest BCUT2D eigenvalue weighted by atomic mass is 16.5. The lowest BCUT2D eigenvalue weighted by Gasteiger charge is -2.31. The lowest BCUT2D eigenvalue weighted by atomic mass is 10.1. The molecule has 4 heteroatoms. The third kappa shape index (κ3) is 3.64. The number of hydrogen-bond acceptors (Lipinski definition) is 3. The van der Waals surface area contributed by atoms with Gasteiger partial charge < -0.3 is 15.0 Å². The van der Waals surface area contributed by atoms with E-state index < -0.39 is 0 Å². The molecule has 0 bridgehead atoms. The molecule has 1 aliphatic heterocycles. The first-order valence-corrected chi connectivity index (χ1v) is 5.22. The van der Waals surface area contributed by atoms with Gasteiger partial charge in [0, 0.05) is 39.7 Å². The molecule has 1 heterocycles. The van der Waals surface area contributed by atoms with Crippen molar-refractivity contribution in [3.8, 4) is 0 Å². The highest BCUT2D eigenvalue weighted by Crippen LogP contribution is 2.09. The second-order valence-electron chi connectivity index (χ2n) is 3.73. The molecular weight excluding hydrogens is 180 g/mol. The molecule has 14 heavy (non-hydrogen) atoms. The standard InChI is InChI=1S/C10H20N2O2/c1-9(13)12-6-3-10(4-7-12)11-5-8-14-2/h10-11H,3-8H2,1-2H3. The summed E-state index contributed by atoms with van der Waals surface area (Å²) in [5, 5.41) is 3.42. The van der Waals surface area contributed by atoms with Crippen molar-refractivity contribution in [1.82, 2.24) is 10.2 Å². The van der Waals surface area contributed by atoms with Crippen molar-refractivity contribution in [2.24, 2.45) is 0 Å². The lowest BCUT2D eigenvalue weighted by Crippen LogP contribution is -2.44. The number of nitrogens with zero attached hydrogens (tertiary/aromatic N) is 1. The van der Waals surface area contributed by atoms with Crippen LogP contribution in [0, 0.1) is 0 Å². The minimum atomic E-state index is 0.195. The molecule has 0 aliphatic carbocycles. The average Bonchev–Trinajstić information content (AvgIpc) is 2.19. The minimum Gasteiger partial charge on any atom is -0.383 e. The van der Waals surface area contributed by atoms with Crippen LogP contribution >= 0.6 is 0 Å². The number of amides is 1. The van der Waals surface area contributed by atoms with Gasteiger partial charge in [0.05, 0.1) is 6.61 Å². The zero-order valence-electron chi connectivity index (χ0n) is 9.08. The number of carbonyl (C=O) groups is 1. The molecule has 1 rings (SSSR count). The molecule has 0 aromatic heterocycles. The Morgan fingerprint density at radius 1 is 1.50 bits per heavy atom. The van der Waals surface area contributed by atoms with Crippen LogP contribution in [0.1, 0.15) is 19.8 Å². The quantitative estimate of drug-likeness (QED) is 0.661. The van der Waals surface area contributed by atoms with E-state index in [1.165, 1.54) is 0 Å². The number of rotatable bonds is 4. The summed E-state index contributed by atoms with van der Waals surface area (Å²) in [5.74, 6) is 0.195. The van der Waals surface area contributed by atoms with Gasteiger partial charge in [-0.3, -0.25) is 4.79 Å². The molecule has 0 radical (unpaired) electrons. The highest BCUT2D eigenvalue weighted by Gasteiger charge is 2.19. The molecule has 1 fully saturated rings. The molecule has 0 aromatic carbocycles. The minimum absolute atomic E-state index is 0.195. The van der Waals surface area contributed by atoms with E-state index in [-0.39, 0.29) is 5.91 Å². The Bertz CT molecular complexity index is 177. The SMILES string of the molecule is COCCNC1CCN(C(C)=O)CC1. The predicted octanol–water partition coefficient (Wildman–Crippen LogP) is 0.233. The Morgan fingerprint density at radius 3 is 2.64 bits per heavy atom. The molecule has 1 saturated heterocycles. The summed E-state index contributed by atoms with van der Waals surface area (Å²) in [4.78, 5) is 13.0. The fourth-order valence-corrected chi connectivity index (χ4v) is 1.76. The Labute approximate surface area is 85.6 Å². The number of hydrogen-bond donors (Lipinski definition) is 1. The Hall–Kier alpha value is -0.610. The van der Waals surface area contributed by atoms with E-state index in [1.54, 1.807) is 14.0 Å². The van der Waals surface area contributed by atoms with Crippen molar-refractivity contribution in [2.45, 2.75) is 25.8 Å². The van der Waals surface area contributed by atoms with E-state index in [2.05, 4.69) is 5.32 Å². The van der Waals surface area contributed by atoms with Crippen molar-refractivity contribution in [3.63, 3.8) is 0 Å². The van der Waals surface area contributed by atoms with Crippen LogP contribution < -0.4 is 5.32 Å². The van der Waals surface area contributed by atoms with Crippen LogP contribution in [-0.4, -0.2) is 50.2 Å². The number of piperidine rings is 1. The molecule has 0 spiro atoms. The second kappa shape index (κ2) is 5.98. The van der Waals surface area contributed by atoms with Crippen molar-refractivity contribution in [3.05, 3.63) is 0 Å². The van der Waals surface area contributed by atoms with Gasteiger partial charge in [-0.2, -0.15) is 0 Å². The Balaban J connectivity index is 2.12. The van der Waals surface area contributed by atoms with E-state index >= 15 is 0 Å². The van der Waals surface area contributed by atoms with Gasteiger partial charge in [0.15, 0.2) is 0 Å². The molecule has 1 aliphatic rings. The van der Waals surface area contributed by atoms with Gasteiger partial charge in [0.1, 0.15) is 0 Å². The first-order valence-electron chi connectivity index (χ1n) is 5.22. The lowest BCUT2D eigenvalue weighted by molar-refractivity contribution is -0.129. The summed E-state index contributed by atoms with van der Waals surface area (Å²) in [6.45, 7) is 5.08. The molecule has 1 N–H and O–H groups in total. The van der Waals surface area contributed by atoms with Crippen molar-refractivity contribution < 1.29 is 9.53 Å². The molecular formula is C10H20N2O2. The van der Waals surface area contributed by atoms with Crippen LogP contribution in [0.3, 0.4) is 0 Å². The molecule has 0 aromatic rings. The summed E-state index contributed by atoms with van der Waals surface area (Å²) < 4.78 is 4.97. The molecule has 0 atom stereocenters. The molecule has 4 nitrogen and oxygen atoms in total. The Kier molecular flexibility index (Phi) is 4.90. The summed E-state index contributed by atoms with van der Waals surface area (Å²) in [6, 6.07) is 0.556. The fourth-order valence-electron chi connectivity index (χ4n) is 1.76. The topological polar surface area (TPSA) is 41.6 Å². The smallest absolute Gasteiger partial charge is 0.219 e. The van der Waals surface area contributed by atoms with Crippen LogP contribution in [0.4, 0.5) is 0 Å². The summed E-state index contributed by atoms with van der Waals surface area (Å²) in [5.41, 5.74) is 0. The Morgan fingerprint density at radius 2 is 2.14 bits per heavy atom. The zero-order valence-corrected chi connectivity index (χ0v) is 9.08. The van der Waals surface area contributed by atoms with Crippen LogP contribution in [0.25, 0.3) is 0 Å². The summed E-state index contributed by atoms with van der Waals surface area (Å²) in [6.07, 6.45) is 2.12. The van der Waals surface area contributed by atoms with Crippen LogP contribution in [0.2, 0.25) is 0 Å². The monoisotopic (exact) mass is 200 g/mol. The van der Waals surface area contributed by atoms with Crippen LogP contribution in [0.5, 0.6) is 0 Å². The number of nitrogens with one attached hydrogen (secondary N) is 1. The predicted molar refractivity (Wildman–Crippen MR) is 55.2 cm³/mol. The fraction of sp³-hybridized carbons (Fsp3) is 0.900. The average molecular weight is 200 g/mol. The number of carbonyl (C=O) groups excluding carboxylic acids is 1. The number of likely N-dealkylation sites (tertiary alicyclic amines) is 1. The third-order valence-corrected chi connectivity index (χ3v) is 2.68. The highest BCUT2D eigenvalue weighted by molar-refractivity contribution is 5.73. The summed E-state index contributed by atoms with van der Waals surface area (Å²) >= 11 is 0.